The number of aromatic nitrogens is 3. The second-order valence-corrected chi connectivity index (χ2v) is 3.96. The molecule has 1 aliphatic heterocycles. The molecule has 2 N–H and O–H groups in total. The van der Waals surface area contributed by atoms with Crippen molar-refractivity contribution < 1.29 is 5.11 Å². The Hall–Kier alpha value is -2.14. The van der Waals surface area contributed by atoms with E-state index in [1.54, 1.807) is 24.6 Å². The Balaban J connectivity index is 2.10. The van der Waals surface area contributed by atoms with Crippen LogP contribution in [0.15, 0.2) is 23.6 Å². The third-order valence-corrected chi connectivity index (χ3v) is 2.62. The van der Waals surface area contributed by atoms with Gasteiger partial charge in [-0.15, -0.1) is 0 Å². The zero-order valence-corrected chi connectivity index (χ0v) is 9.31. The van der Waals surface area contributed by atoms with Crippen LogP contribution in [0.4, 0.5) is 5.82 Å². The van der Waals surface area contributed by atoms with Crippen LogP contribution < -0.4 is 0 Å². The van der Waals surface area contributed by atoms with Gasteiger partial charge in [-0.05, 0) is 12.1 Å². The van der Waals surface area contributed by atoms with Crippen LogP contribution in [0.3, 0.4) is 0 Å². The molecule has 0 radical (unpaired) electrons. The molecule has 2 aromatic heterocycles. The van der Waals surface area contributed by atoms with Crippen LogP contribution >= 0.6 is 11.6 Å². The van der Waals surface area contributed by atoms with Crippen LogP contribution in [0, 0.1) is 0 Å². The summed E-state index contributed by atoms with van der Waals surface area (Å²) in [5, 5.41) is 9.99. The van der Waals surface area contributed by atoms with Crippen molar-refractivity contribution in [3.63, 3.8) is 0 Å². The Morgan fingerprint density at radius 3 is 3.00 bits per heavy atom. The van der Waals surface area contributed by atoms with Crippen molar-refractivity contribution in [2.45, 2.75) is 0 Å². The van der Waals surface area contributed by atoms with E-state index in [0.717, 1.165) is 11.1 Å². The number of rotatable bonds is 1. The van der Waals surface area contributed by atoms with Crippen LogP contribution in [0.1, 0.15) is 11.3 Å². The Morgan fingerprint density at radius 2 is 2.24 bits per heavy atom. The number of allylic oxidation sites excluding steroid dienone is 1. The molecule has 84 valence electrons. The molecule has 5 nitrogen and oxygen atoms in total. The molecule has 0 bridgehead atoms. The predicted molar refractivity (Wildman–Crippen MR) is 65.5 cm³/mol. The van der Waals surface area contributed by atoms with Crippen molar-refractivity contribution in [3.05, 3.63) is 34.9 Å². The number of nitrogens with one attached hydrogen (secondary N) is 1. The fraction of sp³-hybridized carbons (Fsp3) is 0. The molecule has 0 unspecified atom stereocenters. The second-order valence-electron chi connectivity index (χ2n) is 3.52. The molecule has 0 saturated heterocycles. The highest BCUT2D eigenvalue weighted by molar-refractivity contribution is 6.31. The average molecular weight is 247 g/mol. The molecule has 6 heteroatoms. The van der Waals surface area contributed by atoms with Crippen LogP contribution in [0.25, 0.3) is 11.6 Å². The molecule has 0 fully saturated rings. The molecule has 0 atom stereocenters. The topological polar surface area (TPSA) is 74.2 Å². The Labute approximate surface area is 102 Å². The number of nitrogens with zero attached hydrogens (tertiary/aromatic N) is 3. The maximum Gasteiger partial charge on any atom is 0.236 e. The summed E-state index contributed by atoms with van der Waals surface area (Å²) in [7, 11) is 0. The van der Waals surface area contributed by atoms with E-state index in [0.29, 0.717) is 16.5 Å². The van der Waals surface area contributed by atoms with E-state index in [-0.39, 0.29) is 5.88 Å². The number of fused-ring (bicyclic) bond motifs is 1. The lowest BCUT2D eigenvalue weighted by Gasteiger charge is -1.99. The molecule has 0 aliphatic carbocycles. The first-order chi connectivity index (χ1) is 8.24. The summed E-state index contributed by atoms with van der Waals surface area (Å²) >= 11 is 5.89. The Morgan fingerprint density at radius 1 is 1.35 bits per heavy atom. The third kappa shape index (κ3) is 1.70. The number of pyridine rings is 1. The number of halogens is 1. The quantitative estimate of drug-likeness (QED) is 0.811. The first-order valence-corrected chi connectivity index (χ1v) is 5.26. The summed E-state index contributed by atoms with van der Waals surface area (Å²) in [4.78, 5) is 14.8. The maximum atomic E-state index is 9.44. The van der Waals surface area contributed by atoms with Crippen molar-refractivity contribution >= 4 is 35.3 Å². The second kappa shape index (κ2) is 3.71. The third-order valence-electron chi connectivity index (χ3n) is 2.42. The molecule has 0 saturated carbocycles. The zero-order valence-electron chi connectivity index (χ0n) is 8.55. The number of hydrogen-bond acceptors (Lipinski definition) is 4. The summed E-state index contributed by atoms with van der Waals surface area (Å²) in [5.74, 6) is 0.578. The SMILES string of the molecule is Oc1nc[nH]c1C=C1C=Nc2ncc(Cl)cc21. The number of imidazole rings is 1. The lowest BCUT2D eigenvalue weighted by Crippen LogP contribution is -1.83. The van der Waals surface area contributed by atoms with E-state index in [2.05, 4.69) is 19.9 Å². The minimum Gasteiger partial charge on any atom is -0.492 e. The number of aromatic amines is 1. The Bertz CT molecular complexity index is 645. The van der Waals surface area contributed by atoms with Gasteiger partial charge in [-0.1, -0.05) is 11.6 Å². The van der Waals surface area contributed by atoms with Crippen molar-refractivity contribution in [1.82, 2.24) is 15.0 Å². The summed E-state index contributed by atoms with van der Waals surface area (Å²) in [6, 6.07) is 1.79. The van der Waals surface area contributed by atoms with Gasteiger partial charge in [0, 0.05) is 23.5 Å². The molecular weight excluding hydrogens is 240 g/mol. The summed E-state index contributed by atoms with van der Waals surface area (Å²) < 4.78 is 0. The number of aliphatic imine (C=N–C) groups is 1. The normalized spacial score (nSPS) is 15.5. The summed E-state index contributed by atoms with van der Waals surface area (Å²) in [5.41, 5.74) is 2.19. The molecule has 1 aliphatic rings. The van der Waals surface area contributed by atoms with Crippen LogP contribution in [0.2, 0.25) is 5.02 Å². The number of H-pyrrole nitrogens is 1. The molecule has 0 spiro atoms. The first-order valence-electron chi connectivity index (χ1n) is 4.88. The van der Waals surface area contributed by atoms with Crippen molar-refractivity contribution in [3.8, 4) is 5.88 Å². The van der Waals surface area contributed by atoms with E-state index in [1.807, 2.05) is 0 Å². The fourth-order valence-corrected chi connectivity index (χ4v) is 1.78. The van der Waals surface area contributed by atoms with E-state index in [1.165, 1.54) is 6.33 Å². The zero-order chi connectivity index (χ0) is 11.8. The average Bonchev–Trinajstić information content (AvgIpc) is 2.88. The minimum absolute atomic E-state index is 0.0469. The lowest BCUT2D eigenvalue weighted by molar-refractivity contribution is 0.455. The molecular formula is C11H7ClN4O. The Kier molecular flexibility index (Phi) is 2.19. The van der Waals surface area contributed by atoms with Crippen LogP contribution in [-0.4, -0.2) is 26.3 Å². The van der Waals surface area contributed by atoms with Crippen molar-refractivity contribution in [2.24, 2.45) is 4.99 Å². The van der Waals surface area contributed by atoms with Gasteiger partial charge < -0.3 is 10.1 Å². The van der Waals surface area contributed by atoms with E-state index in [4.69, 9.17) is 11.6 Å². The van der Waals surface area contributed by atoms with E-state index in [9.17, 15) is 5.11 Å². The highest BCUT2D eigenvalue weighted by Gasteiger charge is 2.14. The van der Waals surface area contributed by atoms with E-state index < -0.39 is 0 Å². The van der Waals surface area contributed by atoms with Crippen molar-refractivity contribution in [2.75, 3.05) is 0 Å². The van der Waals surface area contributed by atoms with E-state index >= 15 is 0 Å². The van der Waals surface area contributed by atoms with Gasteiger partial charge in [-0.25, -0.2) is 15.0 Å². The molecule has 0 amide bonds. The first kappa shape index (κ1) is 10.0. The van der Waals surface area contributed by atoms with Crippen LogP contribution in [0.5, 0.6) is 5.88 Å². The standard InChI is InChI=1S/C11H7ClN4O/c12-7-2-8-6(3-13-10(8)14-4-7)1-9-11(17)16-5-15-9/h1-5,17H,(H,15,16). The van der Waals surface area contributed by atoms with Crippen molar-refractivity contribution in [1.29, 1.82) is 0 Å². The molecule has 3 heterocycles. The van der Waals surface area contributed by atoms with Crippen LogP contribution in [-0.2, 0) is 0 Å². The van der Waals surface area contributed by atoms with Gasteiger partial charge >= 0.3 is 0 Å². The van der Waals surface area contributed by atoms with Gasteiger partial charge in [0.25, 0.3) is 0 Å². The van der Waals surface area contributed by atoms with Gasteiger partial charge in [0.2, 0.25) is 5.88 Å². The lowest BCUT2D eigenvalue weighted by atomic mass is 10.1. The van der Waals surface area contributed by atoms with Gasteiger partial charge in [0.15, 0.2) is 5.82 Å². The summed E-state index contributed by atoms with van der Waals surface area (Å²) in [6.07, 6.45) is 6.39. The van der Waals surface area contributed by atoms with Gasteiger partial charge in [-0.3, -0.25) is 0 Å². The monoisotopic (exact) mass is 246 g/mol. The molecule has 3 rings (SSSR count). The highest BCUT2D eigenvalue weighted by atomic mass is 35.5. The van der Waals surface area contributed by atoms with Gasteiger partial charge in [-0.2, -0.15) is 0 Å². The molecule has 0 aromatic carbocycles. The van der Waals surface area contributed by atoms with Gasteiger partial charge in [0.1, 0.15) is 5.69 Å². The minimum atomic E-state index is -0.0469. The number of hydrogen-bond donors (Lipinski definition) is 2. The molecule has 2 aromatic rings. The fourth-order valence-electron chi connectivity index (χ4n) is 1.62. The molecule has 17 heavy (non-hydrogen) atoms. The largest absolute Gasteiger partial charge is 0.492 e. The highest BCUT2D eigenvalue weighted by Crippen LogP contribution is 2.32. The predicted octanol–water partition coefficient (Wildman–Crippen LogP) is 2.42. The summed E-state index contributed by atoms with van der Waals surface area (Å²) in [6.45, 7) is 0. The number of aromatic hydroxyl groups is 1. The van der Waals surface area contributed by atoms with Gasteiger partial charge in [0.05, 0.1) is 11.3 Å². The smallest absolute Gasteiger partial charge is 0.236 e. The maximum absolute atomic E-state index is 9.44.